The minimum Gasteiger partial charge on any atom is -0.495 e. The lowest BCUT2D eigenvalue weighted by molar-refractivity contribution is -0.275. The Bertz CT molecular complexity index is 716. The number of alkyl halides is 3. The van der Waals surface area contributed by atoms with Gasteiger partial charge in [0.15, 0.2) is 8.32 Å². The highest BCUT2D eigenvalue weighted by atomic mass is 35.5. The minimum absolute atomic E-state index is 0.0613. The third-order valence-electron chi connectivity index (χ3n) is 4.87. The van der Waals surface area contributed by atoms with Crippen molar-refractivity contribution in [1.29, 1.82) is 0 Å². The van der Waals surface area contributed by atoms with Gasteiger partial charge in [0.25, 0.3) is 5.60 Å². The summed E-state index contributed by atoms with van der Waals surface area (Å²) in [6.45, 7) is 9.34. The summed E-state index contributed by atoms with van der Waals surface area (Å²) >= 11 is 6.04. The van der Waals surface area contributed by atoms with Crippen molar-refractivity contribution in [1.82, 2.24) is 0 Å². The van der Waals surface area contributed by atoms with Crippen molar-refractivity contribution in [3.05, 3.63) is 28.8 Å². The molecule has 2 atom stereocenters. The van der Waals surface area contributed by atoms with E-state index in [4.69, 9.17) is 20.8 Å². The van der Waals surface area contributed by atoms with Crippen molar-refractivity contribution in [3.63, 3.8) is 0 Å². The van der Waals surface area contributed by atoms with Crippen molar-refractivity contribution < 1.29 is 32.2 Å². The number of hydrogen-bond acceptors (Lipinski definition) is 3. The van der Waals surface area contributed by atoms with E-state index in [1.165, 1.54) is 20.1 Å². The predicted molar refractivity (Wildman–Crippen MR) is 106 cm³/mol. The third kappa shape index (κ3) is 4.66. The van der Waals surface area contributed by atoms with Crippen LogP contribution in [0.1, 0.15) is 32.8 Å². The third-order valence-corrected chi connectivity index (χ3v) is 6.12. The van der Waals surface area contributed by atoms with Crippen LogP contribution in [-0.2, 0) is 14.6 Å². The monoisotopic (exact) mass is 440 g/mol. The van der Waals surface area contributed by atoms with Crippen LogP contribution in [0.5, 0.6) is 5.75 Å². The van der Waals surface area contributed by atoms with Crippen LogP contribution in [-0.4, -0.2) is 38.3 Å². The second-order valence-electron chi connectivity index (χ2n) is 8.28. The lowest BCUT2D eigenvalue weighted by Crippen LogP contribution is -2.66. The summed E-state index contributed by atoms with van der Waals surface area (Å²) in [4.78, 5) is 12.1. The molecule has 1 aromatic carbocycles. The van der Waals surface area contributed by atoms with E-state index in [1.54, 1.807) is 45.6 Å². The summed E-state index contributed by atoms with van der Waals surface area (Å²) in [6.07, 6.45) is -5.16. The summed E-state index contributed by atoms with van der Waals surface area (Å²) in [7, 11) is -1.49. The first-order chi connectivity index (χ1) is 12.5. The van der Waals surface area contributed by atoms with Gasteiger partial charge in [-0.3, -0.25) is 0 Å². The van der Waals surface area contributed by atoms with Gasteiger partial charge in [0.05, 0.1) is 12.1 Å². The number of methoxy groups -OCH3 is 1. The molecule has 0 bridgehead atoms. The number of carboxylic acids is 1. The molecule has 2 unspecified atom stereocenters. The lowest BCUT2D eigenvalue weighted by atomic mass is 9.64. The fourth-order valence-electron chi connectivity index (χ4n) is 3.69. The second kappa shape index (κ2) is 8.24. The Morgan fingerprint density at radius 3 is 2.14 bits per heavy atom. The Hall–Kier alpha value is -1.25. The Kier molecular flexibility index (Phi) is 7.29. The van der Waals surface area contributed by atoms with E-state index < -0.39 is 37.4 Å². The first kappa shape index (κ1) is 24.8. The van der Waals surface area contributed by atoms with E-state index in [2.05, 4.69) is 0 Å². The van der Waals surface area contributed by atoms with Gasteiger partial charge in [0.2, 0.25) is 0 Å². The average molecular weight is 441 g/mol. The molecule has 0 aromatic heterocycles. The van der Waals surface area contributed by atoms with Crippen LogP contribution in [0.4, 0.5) is 13.2 Å². The summed E-state index contributed by atoms with van der Waals surface area (Å²) < 4.78 is 53.6. The predicted octanol–water partition coefficient (Wildman–Crippen LogP) is 5.89. The maximum atomic E-state index is 14.3. The highest BCUT2D eigenvalue weighted by Gasteiger charge is 2.69. The van der Waals surface area contributed by atoms with Gasteiger partial charge in [-0.1, -0.05) is 38.4 Å². The minimum atomic E-state index is -5.10. The smallest absolute Gasteiger partial charge is 0.427 e. The van der Waals surface area contributed by atoms with Crippen LogP contribution in [0.2, 0.25) is 24.7 Å². The highest BCUT2D eigenvalue weighted by molar-refractivity contribution is 6.70. The van der Waals surface area contributed by atoms with Gasteiger partial charge in [-0.15, -0.1) is 0 Å². The number of benzene rings is 1. The molecule has 0 saturated heterocycles. The van der Waals surface area contributed by atoms with Gasteiger partial charge in [-0.25, -0.2) is 4.79 Å². The highest BCUT2D eigenvalue weighted by Crippen LogP contribution is 2.51. The SMILES string of the molecule is CCC(C(C)(C)c1ccc(Cl)c(OC)c1)C(O[Si](C)(C)C)(C(=O)O)C(F)(F)F. The van der Waals surface area contributed by atoms with Gasteiger partial charge in [0, 0.05) is 5.92 Å². The van der Waals surface area contributed by atoms with Crippen LogP contribution in [0.15, 0.2) is 18.2 Å². The van der Waals surface area contributed by atoms with Gasteiger partial charge in [-0.05, 0) is 49.2 Å². The molecule has 4 nitrogen and oxygen atoms in total. The first-order valence-corrected chi connectivity index (χ1v) is 12.7. The van der Waals surface area contributed by atoms with Crippen LogP contribution < -0.4 is 4.74 Å². The Morgan fingerprint density at radius 2 is 1.79 bits per heavy atom. The molecule has 0 aliphatic rings. The molecular weight excluding hydrogens is 413 g/mol. The maximum Gasteiger partial charge on any atom is 0.427 e. The van der Waals surface area contributed by atoms with E-state index in [-0.39, 0.29) is 6.42 Å². The molecule has 0 amide bonds. The van der Waals surface area contributed by atoms with E-state index in [1.807, 2.05) is 0 Å². The first-order valence-electron chi connectivity index (χ1n) is 8.89. The summed E-state index contributed by atoms with van der Waals surface area (Å²) in [6, 6.07) is 4.66. The molecule has 0 saturated carbocycles. The van der Waals surface area contributed by atoms with Crippen molar-refractivity contribution in [3.8, 4) is 5.75 Å². The average Bonchev–Trinajstić information content (AvgIpc) is 2.51. The standard InChI is InChI=1S/C19H28ClF3O4Si/c1-8-15(17(2,3)12-9-10-13(20)14(11-12)26-4)18(16(24)25,19(21,22)23)27-28(5,6)7/h9-11,15H,8H2,1-7H3,(H,24,25). The Labute approximate surface area is 170 Å². The number of carbonyl (C=O) groups is 1. The van der Waals surface area contributed by atoms with Crippen LogP contribution >= 0.6 is 11.6 Å². The molecule has 0 aliphatic heterocycles. The number of halogens is 4. The van der Waals surface area contributed by atoms with E-state index >= 15 is 0 Å². The van der Waals surface area contributed by atoms with E-state index in [9.17, 15) is 23.1 Å². The fourth-order valence-corrected chi connectivity index (χ4v) is 5.20. The van der Waals surface area contributed by atoms with Gasteiger partial charge in [0.1, 0.15) is 5.75 Å². The molecule has 1 rings (SSSR count). The number of rotatable bonds is 8. The second-order valence-corrected chi connectivity index (χ2v) is 13.1. The molecule has 28 heavy (non-hydrogen) atoms. The number of carboxylic acid groups (broad SMARTS) is 1. The molecule has 0 heterocycles. The van der Waals surface area contributed by atoms with Crippen molar-refractivity contribution >= 4 is 25.9 Å². The largest absolute Gasteiger partial charge is 0.495 e. The van der Waals surface area contributed by atoms with Crippen LogP contribution in [0.25, 0.3) is 0 Å². The summed E-state index contributed by atoms with van der Waals surface area (Å²) in [5, 5.41) is 10.1. The molecule has 1 aromatic rings. The number of hydrogen-bond donors (Lipinski definition) is 1. The molecular formula is C19H28ClF3O4Si. The van der Waals surface area contributed by atoms with E-state index in [0.717, 1.165) is 0 Å². The summed E-state index contributed by atoms with van der Waals surface area (Å²) in [5.74, 6) is -3.11. The molecule has 0 aliphatic carbocycles. The molecule has 9 heteroatoms. The fraction of sp³-hybridized carbons (Fsp3) is 0.632. The quantitative estimate of drug-likeness (QED) is 0.512. The van der Waals surface area contributed by atoms with Gasteiger partial charge in [-0.2, -0.15) is 13.2 Å². The van der Waals surface area contributed by atoms with Crippen LogP contribution in [0.3, 0.4) is 0 Å². The van der Waals surface area contributed by atoms with E-state index in [0.29, 0.717) is 16.3 Å². The molecule has 0 radical (unpaired) electrons. The Morgan fingerprint density at radius 1 is 1.25 bits per heavy atom. The zero-order valence-electron chi connectivity index (χ0n) is 17.2. The topological polar surface area (TPSA) is 55.8 Å². The molecule has 0 spiro atoms. The van der Waals surface area contributed by atoms with Crippen molar-refractivity contribution in [2.45, 2.75) is 64.0 Å². The van der Waals surface area contributed by atoms with Crippen LogP contribution in [0, 0.1) is 5.92 Å². The van der Waals surface area contributed by atoms with Gasteiger partial charge < -0.3 is 14.3 Å². The zero-order chi connectivity index (χ0) is 22.1. The lowest BCUT2D eigenvalue weighted by Gasteiger charge is -2.48. The zero-order valence-corrected chi connectivity index (χ0v) is 19.0. The summed E-state index contributed by atoms with van der Waals surface area (Å²) in [5.41, 5.74) is -4.06. The number of aliphatic carboxylic acids is 1. The Balaban J connectivity index is 3.75. The molecule has 160 valence electrons. The van der Waals surface area contributed by atoms with Crippen molar-refractivity contribution in [2.24, 2.45) is 5.92 Å². The number of ether oxygens (including phenoxy) is 1. The normalized spacial score (nSPS) is 16.4. The van der Waals surface area contributed by atoms with Gasteiger partial charge >= 0.3 is 12.1 Å². The maximum absolute atomic E-state index is 14.3. The molecule has 1 N–H and O–H groups in total. The van der Waals surface area contributed by atoms with Crippen molar-refractivity contribution in [2.75, 3.05) is 7.11 Å². The molecule has 0 fully saturated rings.